The highest BCUT2D eigenvalue weighted by atomic mass is 32.2. The maximum Gasteiger partial charge on any atom is 0.186 e. The maximum atomic E-state index is 4.66. The van der Waals surface area contributed by atoms with E-state index in [0.29, 0.717) is 0 Å². The Bertz CT molecular complexity index is 1010. The standard InChI is InChI=1S/C18H17N5S2/c1-12-3-4-13(15(9-12)24-2)10-19-16-5-6-17-20-21-18(23(17)22-16)14-7-8-25-11-14/h3-9,11H,10H2,1-2H3,(H,19,22). The van der Waals surface area contributed by atoms with Gasteiger partial charge in [-0.2, -0.15) is 15.9 Å². The molecule has 126 valence electrons. The quantitative estimate of drug-likeness (QED) is 0.527. The van der Waals surface area contributed by atoms with E-state index in [1.807, 2.05) is 23.6 Å². The van der Waals surface area contributed by atoms with E-state index in [1.165, 1.54) is 16.0 Å². The zero-order valence-electron chi connectivity index (χ0n) is 13.9. The number of thiophene rings is 1. The number of anilines is 1. The fraction of sp³-hybridized carbons (Fsp3) is 0.167. The molecule has 0 amide bonds. The second kappa shape index (κ2) is 6.85. The molecular weight excluding hydrogens is 350 g/mol. The van der Waals surface area contributed by atoms with Gasteiger partial charge in [0.15, 0.2) is 11.5 Å². The summed E-state index contributed by atoms with van der Waals surface area (Å²) in [6.07, 6.45) is 2.10. The van der Waals surface area contributed by atoms with Crippen molar-refractivity contribution in [2.45, 2.75) is 18.4 Å². The van der Waals surface area contributed by atoms with Crippen molar-refractivity contribution in [2.75, 3.05) is 11.6 Å². The molecule has 3 heterocycles. The topological polar surface area (TPSA) is 55.1 Å². The van der Waals surface area contributed by atoms with Gasteiger partial charge in [-0.3, -0.25) is 0 Å². The van der Waals surface area contributed by atoms with E-state index in [9.17, 15) is 0 Å². The highest BCUT2D eigenvalue weighted by molar-refractivity contribution is 7.98. The number of aryl methyl sites for hydroxylation is 1. The minimum Gasteiger partial charge on any atom is -0.365 e. The molecule has 1 aromatic carbocycles. The third-order valence-electron chi connectivity index (χ3n) is 3.94. The molecule has 0 aliphatic carbocycles. The molecule has 4 aromatic rings. The Labute approximate surface area is 154 Å². The fourth-order valence-electron chi connectivity index (χ4n) is 2.64. The van der Waals surface area contributed by atoms with Crippen LogP contribution in [0, 0.1) is 6.92 Å². The Morgan fingerprint density at radius 1 is 1.16 bits per heavy atom. The molecule has 3 aromatic heterocycles. The molecule has 0 radical (unpaired) electrons. The van der Waals surface area contributed by atoms with Crippen LogP contribution in [0.15, 0.2) is 52.1 Å². The molecule has 0 saturated carbocycles. The SMILES string of the molecule is CSc1cc(C)ccc1CNc1ccc2nnc(-c3ccsc3)n2n1. The molecule has 0 spiro atoms. The van der Waals surface area contributed by atoms with Gasteiger partial charge in [-0.1, -0.05) is 12.1 Å². The molecule has 5 nitrogen and oxygen atoms in total. The summed E-state index contributed by atoms with van der Waals surface area (Å²) in [6.45, 7) is 2.84. The number of rotatable bonds is 5. The molecule has 0 fully saturated rings. The summed E-state index contributed by atoms with van der Waals surface area (Å²) >= 11 is 3.40. The van der Waals surface area contributed by atoms with Gasteiger partial charge in [0.05, 0.1) is 0 Å². The monoisotopic (exact) mass is 367 g/mol. The molecule has 0 aliphatic heterocycles. The lowest BCUT2D eigenvalue weighted by Crippen LogP contribution is -2.05. The van der Waals surface area contributed by atoms with Crippen LogP contribution in [-0.4, -0.2) is 26.1 Å². The van der Waals surface area contributed by atoms with E-state index < -0.39 is 0 Å². The van der Waals surface area contributed by atoms with Gasteiger partial charge >= 0.3 is 0 Å². The Morgan fingerprint density at radius 2 is 2.08 bits per heavy atom. The average molecular weight is 368 g/mol. The van der Waals surface area contributed by atoms with E-state index >= 15 is 0 Å². The first-order valence-electron chi connectivity index (χ1n) is 7.87. The van der Waals surface area contributed by atoms with Gasteiger partial charge in [-0.15, -0.1) is 27.1 Å². The normalized spacial score (nSPS) is 11.1. The smallest absolute Gasteiger partial charge is 0.186 e. The van der Waals surface area contributed by atoms with Crippen LogP contribution in [-0.2, 0) is 6.54 Å². The van der Waals surface area contributed by atoms with E-state index in [0.717, 1.165) is 29.4 Å². The predicted molar refractivity (Wildman–Crippen MR) is 104 cm³/mol. The molecule has 0 atom stereocenters. The molecule has 0 bridgehead atoms. The van der Waals surface area contributed by atoms with Crippen LogP contribution in [0.2, 0.25) is 0 Å². The van der Waals surface area contributed by atoms with Crippen LogP contribution >= 0.6 is 23.1 Å². The van der Waals surface area contributed by atoms with E-state index in [-0.39, 0.29) is 0 Å². The molecule has 25 heavy (non-hydrogen) atoms. The van der Waals surface area contributed by atoms with Crippen molar-refractivity contribution in [3.8, 4) is 11.4 Å². The third kappa shape index (κ3) is 3.25. The van der Waals surface area contributed by atoms with Gasteiger partial charge in [0.1, 0.15) is 5.82 Å². The van der Waals surface area contributed by atoms with Gasteiger partial charge in [0, 0.05) is 22.4 Å². The Hall–Kier alpha value is -2.38. The van der Waals surface area contributed by atoms with E-state index in [4.69, 9.17) is 0 Å². The van der Waals surface area contributed by atoms with Crippen molar-refractivity contribution < 1.29 is 0 Å². The first-order valence-corrected chi connectivity index (χ1v) is 10.0. The van der Waals surface area contributed by atoms with Gasteiger partial charge in [-0.05, 0) is 54.0 Å². The summed E-state index contributed by atoms with van der Waals surface area (Å²) in [5.74, 6) is 1.57. The maximum absolute atomic E-state index is 4.66. The van der Waals surface area contributed by atoms with Crippen LogP contribution in [0.3, 0.4) is 0 Å². The van der Waals surface area contributed by atoms with Crippen LogP contribution in [0.25, 0.3) is 17.0 Å². The van der Waals surface area contributed by atoms with Crippen LogP contribution in [0.1, 0.15) is 11.1 Å². The van der Waals surface area contributed by atoms with Crippen molar-refractivity contribution in [1.29, 1.82) is 0 Å². The van der Waals surface area contributed by atoms with Crippen molar-refractivity contribution >= 4 is 34.6 Å². The van der Waals surface area contributed by atoms with E-state index in [2.05, 4.69) is 57.4 Å². The van der Waals surface area contributed by atoms with Gasteiger partial charge < -0.3 is 5.32 Å². The Balaban J connectivity index is 1.61. The van der Waals surface area contributed by atoms with Gasteiger partial charge in [0.25, 0.3) is 0 Å². The minimum atomic E-state index is 0.727. The molecule has 7 heteroatoms. The van der Waals surface area contributed by atoms with Crippen molar-refractivity contribution in [3.05, 3.63) is 58.3 Å². The largest absolute Gasteiger partial charge is 0.365 e. The lowest BCUT2D eigenvalue weighted by Gasteiger charge is -2.10. The van der Waals surface area contributed by atoms with Gasteiger partial charge in [0.2, 0.25) is 0 Å². The number of fused-ring (bicyclic) bond motifs is 1. The summed E-state index contributed by atoms with van der Waals surface area (Å²) in [4.78, 5) is 1.29. The molecule has 0 aliphatic rings. The zero-order chi connectivity index (χ0) is 17.2. The number of hydrogen-bond donors (Lipinski definition) is 1. The molecule has 4 rings (SSSR count). The molecule has 1 N–H and O–H groups in total. The minimum absolute atomic E-state index is 0.727. The first-order chi connectivity index (χ1) is 12.2. The average Bonchev–Trinajstić information content (AvgIpc) is 3.29. The summed E-state index contributed by atoms with van der Waals surface area (Å²) in [7, 11) is 0. The van der Waals surface area contributed by atoms with Gasteiger partial charge in [-0.25, -0.2) is 0 Å². The number of nitrogens with one attached hydrogen (secondary N) is 1. The lowest BCUT2D eigenvalue weighted by atomic mass is 10.1. The molecule has 0 saturated heterocycles. The summed E-state index contributed by atoms with van der Waals surface area (Å²) in [5.41, 5.74) is 4.32. The lowest BCUT2D eigenvalue weighted by molar-refractivity contribution is 0.922. The first kappa shape index (κ1) is 16.1. The van der Waals surface area contributed by atoms with Crippen LogP contribution < -0.4 is 5.32 Å². The van der Waals surface area contributed by atoms with Crippen molar-refractivity contribution in [2.24, 2.45) is 0 Å². The fourth-order valence-corrected chi connectivity index (χ4v) is 3.98. The number of hydrogen-bond acceptors (Lipinski definition) is 6. The third-order valence-corrected chi connectivity index (χ3v) is 5.45. The second-order valence-electron chi connectivity index (χ2n) is 5.69. The Kier molecular flexibility index (Phi) is 4.42. The highest BCUT2D eigenvalue weighted by Crippen LogP contribution is 2.23. The predicted octanol–water partition coefficient (Wildman–Crippen LogP) is 4.50. The summed E-state index contributed by atoms with van der Waals surface area (Å²) in [6, 6.07) is 12.4. The second-order valence-corrected chi connectivity index (χ2v) is 7.32. The van der Waals surface area contributed by atoms with Crippen molar-refractivity contribution in [1.82, 2.24) is 19.8 Å². The molecular formula is C18H17N5S2. The highest BCUT2D eigenvalue weighted by Gasteiger charge is 2.10. The van der Waals surface area contributed by atoms with Crippen LogP contribution in [0.4, 0.5) is 5.82 Å². The summed E-state index contributed by atoms with van der Waals surface area (Å²) < 4.78 is 1.79. The molecule has 0 unspecified atom stereocenters. The number of aromatic nitrogens is 4. The number of nitrogens with zero attached hydrogens (tertiary/aromatic N) is 4. The van der Waals surface area contributed by atoms with E-state index in [1.54, 1.807) is 27.6 Å². The van der Waals surface area contributed by atoms with Crippen LogP contribution in [0.5, 0.6) is 0 Å². The zero-order valence-corrected chi connectivity index (χ0v) is 15.6. The van der Waals surface area contributed by atoms with Crippen molar-refractivity contribution in [3.63, 3.8) is 0 Å². The Morgan fingerprint density at radius 3 is 2.88 bits per heavy atom. The summed E-state index contributed by atoms with van der Waals surface area (Å²) in [5, 5.41) is 20.6. The number of thioether (sulfide) groups is 1. The number of benzene rings is 1.